The van der Waals surface area contributed by atoms with E-state index >= 15 is 0 Å². The zero-order valence-corrected chi connectivity index (χ0v) is 9.74. The summed E-state index contributed by atoms with van der Waals surface area (Å²) in [5.74, 6) is 0.105. The van der Waals surface area contributed by atoms with E-state index in [1.165, 1.54) is 12.8 Å². The van der Waals surface area contributed by atoms with Gasteiger partial charge in [-0.3, -0.25) is 4.79 Å². The molecule has 14 heavy (non-hydrogen) atoms. The van der Waals surface area contributed by atoms with Crippen molar-refractivity contribution in [3.8, 4) is 0 Å². The van der Waals surface area contributed by atoms with E-state index in [0.29, 0.717) is 12.0 Å². The van der Waals surface area contributed by atoms with Crippen LogP contribution in [0.2, 0.25) is 0 Å². The highest BCUT2D eigenvalue weighted by atomic mass is 16.1. The Kier molecular flexibility index (Phi) is 3.20. The number of rotatable bonds is 4. The molecule has 82 valence electrons. The molecule has 0 aliphatic heterocycles. The Balaban J connectivity index is 2.10. The lowest BCUT2D eigenvalue weighted by atomic mass is 10.1. The lowest BCUT2D eigenvalue weighted by Gasteiger charge is -2.20. The van der Waals surface area contributed by atoms with Crippen molar-refractivity contribution >= 4 is 5.91 Å². The number of carbonyl (C=O) groups excluding carboxylic acids is 1. The van der Waals surface area contributed by atoms with Gasteiger partial charge in [-0.25, -0.2) is 0 Å². The smallest absolute Gasteiger partial charge is 0.233 e. The summed E-state index contributed by atoms with van der Waals surface area (Å²) in [6, 6.07) is 0. The average Bonchev–Trinajstić information content (AvgIpc) is 2.76. The summed E-state index contributed by atoms with van der Waals surface area (Å²) in [5, 5.41) is 6.12. The zero-order chi connectivity index (χ0) is 10.8. The van der Waals surface area contributed by atoms with Gasteiger partial charge in [0.15, 0.2) is 0 Å². The maximum absolute atomic E-state index is 11.4. The maximum atomic E-state index is 11.4. The second-order valence-corrected chi connectivity index (χ2v) is 5.69. The van der Waals surface area contributed by atoms with Crippen molar-refractivity contribution in [2.45, 2.75) is 46.1 Å². The Hall–Kier alpha value is -0.570. The Bertz CT molecular complexity index is 203. The molecule has 1 rings (SSSR count). The zero-order valence-electron chi connectivity index (χ0n) is 9.74. The number of nitrogens with one attached hydrogen (secondary N) is 2. The van der Waals surface area contributed by atoms with Gasteiger partial charge in [0.25, 0.3) is 0 Å². The Morgan fingerprint density at radius 2 is 1.93 bits per heavy atom. The fourth-order valence-electron chi connectivity index (χ4n) is 1.11. The molecular weight excluding hydrogens is 176 g/mol. The molecule has 0 radical (unpaired) electrons. The molecule has 0 aromatic heterocycles. The van der Waals surface area contributed by atoms with Crippen LogP contribution in [0.5, 0.6) is 0 Å². The van der Waals surface area contributed by atoms with Gasteiger partial charge >= 0.3 is 0 Å². The van der Waals surface area contributed by atoms with Gasteiger partial charge in [0.2, 0.25) is 5.91 Å². The molecule has 0 unspecified atom stereocenters. The molecule has 0 spiro atoms. The lowest BCUT2D eigenvalue weighted by molar-refractivity contribution is -0.120. The molecule has 3 nitrogen and oxygen atoms in total. The van der Waals surface area contributed by atoms with E-state index in [1.54, 1.807) is 0 Å². The van der Waals surface area contributed by atoms with Crippen molar-refractivity contribution in [3.05, 3.63) is 0 Å². The summed E-state index contributed by atoms with van der Waals surface area (Å²) in [6.45, 7) is 9.63. The van der Waals surface area contributed by atoms with E-state index in [1.807, 2.05) is 0 Å². The van der Waals surface area contributed by atoms with Crippen LogP contribution in [-0.2, 0) is 4.79 Å². The minimum Gasteiger partial charge on any atom is -0.354 e. The molecule has 0 aromatic rings. The van der Waals surface area contributed by atoms with Crippen LogP contribution in [0, 0.1) is 5.41 Å². The number of amides is 1. The number of hydrogen-bond acceptors (Lipinski definition) is 2. The summed E-state index contributed by atoms with van der Waals surface area (Å²) < 4.78 is 0. The monoisotopic (exact) mass is 198 g/mol. The van der Waals surface area contributed by atoms with Gasteiger partial charge in [-0.1, -0.05) is 6.92 Å². The maximum Gasteiger partial charge on any atom is 0.233 e. The van der Waals surface area contributed by atoms with Crippen LogP contribution < -0.4 is 10.6 Å². The third-order valence-corrected chi connectivity index (χ3v) is 2.60. The molecule has 0 bridgehead atoms. The van der Waals surface area contributed by atoms with Crippen molar-refractivity contribution in [1.29, 1.82) is 0 Å². The second kappa shape index (κ2) is 3.89. The predicted molar refractivity (Wildman–Crippen MR) is 58.1 cm³/mol. The number of hydrogen-bond donors (Lipinski definition) is 2. The first-order valence-corrected chi connectivity index (χ1v) is 5.33. The Morgan fingerprint density at radius 1 is 1.36 bits per heavy atom. The molecule has 1 fully saturated rings. The summed E-state index contributed by atoms with van der Waals surface area (Å²) >= 11 is 0. The van der Waals surface area contributed by atoms with Gasteiger partial charge in [-0.15, -0.1) is 0 Å². The first kappa shape index (κ1) is 11.5. The molecule has 1 saturated carbocycles. The van der Waals surface area contributed by atoms with Gasteiger partial charge in [0, 0.05) is 12.1 Å². The van der Waals surface area contributed by atoms with E-state index in [9.17, 15) is 4.79 Å². The molecule has 0 atom stereocenters. The quantitative estimate of drug-likeness (QED) is 0.714. The highest BCUT2D eigenvalue weighted by Gasteiger charge is 2.37. The molecule has 0 aromatic carbocycles. The van der Waals surface area contributed by atoms with Gasteiger partial charge < -0.3 is 10.6 Å². The second-order valence-electron chi connectivity index (χ2n) is 5.69. The molecule has 0 heterocycles. The van der Waals surface area contributed by atoms with E-state index in [0.717, 1.165) is 6.54 Å². The largest absolute Gasteiger partial charge is 0.354 e. The first-order valence-electron chi connectivity index (χ1n) is 5.33. The van der Waals surface area contributed by atoms with E-state index < -0.39 is 0 Å². The SMILES string of the molecule is CC1(CNC(=O)CNC(C)(C)C)CC1. The fraction of sp³-hybridized carbons (Fsp3) is 0.909. The summed E-state index contributed by atoms with van der Waals surface area (Å²) in [4.78, 5) is 11.4. The van der Waals surface area contributed by atoms with Crippen LogP contribution in [-0.4, -0.2) is 24.5 Å². The summed E-state index contributed by atoms with van der Waals surface area (Å²) in [5.41, 5.74) is 0.415. The first-order chi connectivity index (χ1) is 6.31. The molecular formula is C11H22N2O. The highest BCUT2D eigenvalue weighted by molar-refractivity contribution is 5.78. The minimum absolute atomic E-state index is 0.0147. The number of carbonyl (C=O) groups is 1. The van der Waals surface area contributed by atoms with Crippen LogP contribution in [0.1, 0.15) is 40.5 Å². The van der Waals surface area contributed by atoms with E-state index in [4.69, 9.17) is 0 Å². The normalized spacial score (nSPS) is 19.1. The predicted octanol–water partition coefficient (Wildman–Crippen LogP) is 1.29. The van der Waals surface area contributed by atoms with Gasteiger partial charge in [-0.2, -0.15) is 0 Å². The minimum atomic E-state index is 0.0147. The van der Waals surface area contributed by atoms with Crippen molar-refractivity contribution in [1.82, 2.24) is 10.6 Å². The lowest BCUT2D eigenvalue weighted by Crippen LogP contribution is -2.44. The Morgan fingerprint density at radius 3 is 2.36 bits per heavy atom. The van der Waals surface area contributed by atoms with Crippen LogP contribution in [0.15, 0.2) is 0 Å². The van der Waals surface area contributed by atoms with E-state index in [2.05, 4.69) is 38.3 Å². The van der Waals surface area contributed by atoms with Crippen LogP contribution in [0.3, 0.4) is 0 Å². The molecule has 1 aliphatic rings. The average molecular weight is 198 g/mol. The summed E-state index contributed by atoms with van der Waals surface area (Å²) in [7, 11) is 0. The molecule has 3 heteroatoms. The molecule has 1 aliphatic carbocycles. The summed E-state index contributed by atoms with van der Waals surface area (Å²) in [6.07, 6.45) is 2.50. The van der Waals surface area contributed by atoms with Crippen LogP contribution in [0.25, 0.3) is 0 Å². The van der Waals surface area contributed by atoms with Crippen molar-refractivity contribution in [2.24, 2.45) is 5.41 Å². The topological polar surface area (TPSA) is 41.1 Å². The van der Waals surface area contributed by atoms with Crippen molar-refractivity contribution in [3.63, 3.8) is 0 Å². The molecule has 0 saturated heterocycles. The van der Waals surface area contributed by atoms with Crippen LogP contribution >= 0.6 is 0 Å². The van der Waals surface area contributed by atoms with Gasteiger partial charge in [0.1, 0.15) is 0 Å². The third-order valence-electron chi connectivity index (χ3n) is 2.60. The standard InChI is InChI=1S/C11H22N2O/c1-10(2,3)13-7-9(14)12-8-11(4)5-6-11/h13H,5-8H2,1-4H3,(H,12,14). The van der Waals surface area contributed by atoms with Gasteiger partial charge in [0.05, 0.1) is 6.54 Å². The Labute approximate surface area is 86.6 Å². The van der Waals surface area contributed by atoms with Crippen LogP contribution in [0.4, 0.5) is 0 Å². The fourth-order valence-corrected chi connectivity index (χ4v) is 1.11. The van der Waals surface area contributed by atoms with Crippen molar-refractivity contribution in [2.75, 3.05) is 13.1 Å². The molecule has 1 amide bonds. The highest BCUT2D eigenvalue weighted by Crippen LogP contribution is 2.43. The van der Waals surface area contributed by atoms with Gasteiger partial charge in [-0.05, 0) is 39.0 Å². The third kappa shape index (κ3) is 4.61. The molecule has 2 N–H and O–H groups in total. The van der Waals surface area contributed by atoms with E-state index in [-0.39, 0.29) is 11.4 Å². The van der Waals surface area contributed by atoms with Crippen molar-refractivity contribution < 1.29 is 4.79 Å².